The van der Waals surface area contributed by atoms with Crippen LogP contribution in [0.3, 0.4) is 0 Å². The Bertz CT molecular complexity index is 609. The number of thioether (sulfide) groups is 1. The van der Waals surface area contributed by atoms with Crippen LogP contribution in [-0.4, -0.2) is 12.2 Å². The highest BCUT2D eigenvalue weighted by Crippen LogP contribution is 2.35. The number of ether oxygens (including phenoxy) is 1. The van der Waals surface area contributed by atoms with Gasteiger partial charge in [0.2, 0.25) is 0 Å². The molecule has 21 heavy (non-hydrogen) atoms. The second-order valence-corrected chi connectivity index (χ2v) is 5.40. The third-order valence-corrected chi connectivity index (χ3v) is 3.83. The Morgan fingerprint density at radius 1 is 1.10 bits per heavy atom. The summed E-state index contributed by atoms with van der Waals surface area (Å²) in [6, 6.07) is 10.4. The van der Waals surface area contributed by atoms with Gasteiger partial charge in [0.25, 0.3) is 0 Å². The molecule has 2 aromatic carbocycles. The van der Waals surface area contributed by atoms with Crippen molar-refractivity contribution in [3.05, 3.63) is 53.6 Å². The summed E-state index contributed by atoms with van der Waals surface area (Å²) < 4.78 is 43.0. The molecule has 2 nitrogen and oxygen atoms in total. The smallest absolute Gasteiger partial charge is 0.416 e. The topological polar surface area (TPSA) is 29.5 Å². The van der Waals surface area contributed by atoms with Gasteiger partial charge in [-0.25, -0.2) is 0 Å². The monoisotopic (exact) mass is 314 g/mol. The van der Waals surface area contributed by atoms with Crippen LogP contribution in [0, 0.1) is 0 Å². The highest BCUT2D eigenvalue weighted by atomic mass is 32.2. The van der Waals surface area contributed by atoms with E-state index in [0.717, 1.165) is 23.4 Å². The molecule has 0 aromatic heterocycles. The Balaban J connectivity index is 2.10. The van der Waals surface area contributed by atoms with Crippen LogP contribution in [0.4, 0.5) is 13.2 Å². The number of methoxy groups -OCH3 is 1. The van der Waals surface area contributed by atoms with Crippen molar-refractivity contribution >= 4 is 11.8 Å². The van der Waals surface area contributed by atoms with Crippen molar-refractivity contribution in [1.29, 1.82) is 0 Å². The van der Waals surface area contributed by atoms with E-state index in [1.165, 1.54) is 17.8 Å². The van der Waals surface area contributed by atoms with Gasteiger partial charge in [0, 0.05) is 10.6 Å². The Morgan fingerprint density at radius 2 is 1.76 bits per heavy atom. The summed E-state index contributed by atoms with van der Waals surface area (Å²) in [7, 11) is 1.56. The van der Waals surface area contributed by atoms with Gasteiger partial charge in [0.05, 0.1) is 12.7 Å². The van der Waals surface area contributed by atoms with Crippen molar-refractivity contribution < 1.29 is 23.0 Å². The van der Waals surface area contributed by atoms with E-state index in [1.807, 2.05) is 12.1 Å². The van der Waals surface area contributed by atoms with E-state index in [4.69, 9.17) is 4.74 Å². The van der Waals surface area contributed by atoms with Crippen LogP contribution in [0.5, 0.6) is 11.5 Å². The molecule has 0 aliphatic rings. The van der Waals surface area contributed by atoms with Crippen molar-refractivity contribution in [2.24, 2.45) is 0 Å². The Labute approximate surface area is 124 Å². The third-order valence-electron chi connectivity index (χ3n) is 2.78. The molecule has 0 amide bonds. The SMILES string of the molecule is COc1ccc(CSc2cc(O)cc(C(F)(F)F)c2)cc1. The Morgan fingerprint density at radius 3 is 2.33 bits per heavy atom. The van der Waals surface area contributed by atoms with E-state index >= 15 is 0 Å². The predicted molar refractivity (Wildman–Crippen MR) is 75.7 cm³/mol. The van der Waals surface area contributed by atoms with Gasteiger partial charge in [0.1, 0.15) is 11.5 Å². The second kappa shape index (κ2) is 6.30. The first-order valence-corrected chi connectivity index (χ1v) is 7.04. The van der Waals surface area contributed by atoms with E-state index in [9.17, 15) is 18.3 Å². The third kappa shape index (κ3) is 4.32. The molecule has 0 aliphatic heterocycles. The first-order chi connectivity index (χ1) is 9.88. The van der Waals surface area contributed by atoms with Gasteiger partial charge in [-0.1, -0.05) is 12.1 Å². The number of aromatic hydroxyl groups is 1. The van der Waals surface area contributed by atoms with E-state index in [0.29, 0.717) is 10.6 Å². The lowest BCUT2D eigenvalue weighted by molar-refractivity contribution is -0.137. The zero-order chi connectivity index (χ0) is 15.5. The van der Waals surface area contributed by atoms with Crippen molar-refractivity contribution in [1.82, 2.24) is 0 Å². The van der Waals surface area contributed by atoms with E-state index < -0.39 is 11.7 Å². The summed E-state index contributed by atoms with van der Waals surface area (Å²) in [6.07, 6.45) is -4.46. The van der Waals surface area contributed by atoms with Gasteiger partial charge < -0.3 is 9.84 Å². The van der Waals surface area contributed by atoms with Crippen molar-refractivity contribution in [2.75, 3.05) is 7.11 Å². The van der Waals surface area contributed by atoms with Gasteiger partial charge >= 0.3 is 6.18 Å². The molecule has 6 heteroatoms. The number of hydrogen-bond acceptors (Lipinski definition) is 3. The highest BCUT2D eigenvalue weighted by molar-refractivity contribution is 7.98. The minimum absolute atomic E-state index is 0.373. The summed E-state index contributed by atoms with van der Waals surface area (Å²) >= 11 is 1.23. The van der Waals surface area contributed by atoms with Gasteiger partial charge in [-0.15, -0.1) is 11.8 Å². The second-order valence-electron chi connectivity index (χ2n) is 4.35. The molecule has 0 aliphatic carbocycles. The molecule has 0 unspecified atom stereocenters. The van der Waals surface area contributed by atoms with E-state index in [-0.39, 0.29) is 5.75 Å². The lowest BCUT2D eigenvalue weighted by Gasteiger charge is -2.10. The molecular weight excluding hydrogens is 301 g/mol. The maximum atomic E-state index is 12.7. The normalized spacial score (nSPS) is 11.4. The minimum atomic E-state index is -4.46. The quantitative estimate of drug-likeness (QED) is 0.829. The number of alkyl halides is 3. The molecule has 0 saturated carbocycles. The molecule has 112 valence electrons. The molecule has 2 aromatic rings. The summed E-state index contributed by atoms with van der Waals surface area (Å²) in [4.78, 5) is 0.373. The van der Waals surface area contributed by atoms with E-state index in [1.54, 1.807) is 19.2 Å². The molecule has 0 atom stereocenters. The van der Waals surface area contributed by atoms with E-state index in [2.05, 4.69) is 0 Å². The number of phenolic OH excluding ortho intramolecular Hbond substituents is 1. The fraction of sp³-hybridized carbons (Fsp3) is 0.200. The molecule has 0 fully saturated rings. The van der Waals surface area contributed by atoms with Crippen LogP contribution >= 0.6 is 11.8 Å². The number of hydrogen-bond donors (Lipinski definition) is 1. The molecule has 0 saturated heterocycles. The predicted octanol–water partition coefficient (Wildman–Crippen LogP) is 4.71. The largest absolute Gasteiger partial charge is 0.508 e. The maximum Gasteiger partial charge on any atom is 0.416 e. The van der Waals surface area contributed by atoms with Crippen molar-refractivity contribution in [2.45, 2.75) is 16.8 Å². The molecular formula is C15H13F3O2S. The Kier molecular flexibility index (Phi) is 4.67. The summed E-state index contributed by atoms with van der Waals surface area (Å²) in [5.41, 5.74) is 0.109. The molecule has 0 bridgehead atoms. The number of benzene rings is 2. The maximum absolute atomic E-state index is 12.7. The molecule has 0 radical (unpaired) electrons. The van der Waals surface area contributed by atoms with Crippen LogP contribution in [0.2, 0.25) is 0 Å². The van der Waals surface area contributed by atoms with Crippen molar-refractivity contribution in [3.8, 4) is 11.5 Å². The number of phenols is 1. The molecule has 2 rings (SSSR count). The minimum Gasteiger partial charge on any atom is -0.508 e. The van der Waals surface area contributed by atoms with Crippen LogP contribution in [-0.2, 0) is 11.9 Å². The molecule has 0 heterocycles. The fourth-order valence-electron chi connectivity index (χ4n) is 1.72. The summed E-state index contributed by atoms with van der Waals surface area (Å²) in [6.45, 7) is 0. The van der Waals surface area contributed by atoms with Crippen LogP contribution in [0.15, 0.2) is 47.4 Å². The zero-order valence-corrected chi connectivity index (χ0v) is 12.0. The van der Waals surface area contributed by atoms with Crippen LogP contribution in [0.1, 0.15) is 11.1 Å². The van der Waals surface area contributed by atoms with Gasteiger partial charge in [0.15, 0.2) is 0 Å². The average Bonchev–Trinajstić information content (AvgIpc) is 2.44. The first kappa shape index (κ1) is 15.6. The van der Waals surface area contributed by atoms with Gasteiger partial charge in [-0.05, 0) is 35.9 Å². The lowest BCUT2D eigenvalue weighted by atomic mass is 10.2. The number of halogens is 3. The lowest BCUT2D eigenvalue weighted by Crippen LogP contribution is -2.04. The van der Waals surface area contributed by atoms with Gasteiger partial charge in [-0.2, -0.15) is 13.2 Å². The Hall–Kier alpha value is -1.82. The van der Waals surface area contributed by atoms with Gasteiger partial charge in [-0.3, -0.25) is 0 Å². The average molecular weight is 314 g/mol. The standard InChI is InChI=1S/C15H13F3O2S/c1-20-13-4-2-10(3-5-13)9-21-14-7-11(15(16,17)18)6-12(19)8-14/h2-8,19H,9H2,1H3. The van der Waals surface area contributed by atoms with Crippen LogP contribution < -0.4 is 4.74 Å². The zero-order valence-electron chi connectivity index (χ0n) is 11.1. The van der Waals surface area contributed by atoms with Crippen LogP contribution in [0.25, 0.3) is 0 Å². The molecule has 1 N–H and O–H groups in total. The van der Waals surface area contributed by atoms with Crippen molar-refractivity contribution in [3.63, 3.8) is 0 Å². The summed E-state index contributed by atoms with van der Waals surface area (Å²) in [5.74, 6) is 0.840. The summed E-state index contributed by atoms with van der Waals surface area (Å²) in [5, 5.41) is 9.39. The number of rotatable bonds is 4. The fourth-order valence-corrected chi connectivity index (χ4v) is 2.66. The molecule has 0 spiro atoms. The first-order valence-electron chi connectivity index (χ1n) is 6.05. The highest BCUT2D eigenvalue weighted by Gasteiger charge is 2.31.